The lowest BCUT2D eigenvalue weighted by Crippen LogP contribution is -2.27. The first-order valence-electron chi connectivity index (χ1n) is 7.66. The van der Waals surface area contributed by atoms with E-state index in [9.17, 15) is 0 Å². The maximum absolute atomic E-state index is 5.54. The molecule has 1 rings (SSSR count). The van der Waals surface area contributed by atoms with Crippen molar-refractivity contribution in [1.82, 2.24) is 9.97 Å². The summed E-state index contributed by atoms with van der Waals surface area (Å²) in [7, 11) is 1.68. The van der Waals surface area contributed by atoms with E-state index < -0.39 is 0 Å². The summed E-state index contributed by atoms with van der Waals surface area (Å²) in [6, 6.07) is 0. The molecule has 1 heterocycles. The summed E-state index contributed by atoms with van der Waals surface area (Å²) in [5, 5.41) is 3.23. The zero-order valence-electron chi connectivity index (χ0n) is 13.3. The zero-order valence-corrected chi connectivity index (χ0v) is 13.3. The third kappa shape index (κ3) is 4.54. The molecule has 0 bridgehead atoms. The smallest absolute Gasteiger partial charge is 0.204 e. The molecule has 0 spiro atoms. The molecular weight excluding hydrogens is 252 g/mol. The molecular formula is C15H28N4O. The fourth-order valence-electron chi connectivity index (χ4n) is 2.09. The maximum Gasteiger partial charge on any atom is 0.204 e. The number of ether oxygens (including phenoxy) is 1. The predicted octanol–water partition coefficient (Wildman–Crippen LogP) is 3.32. The van der Waals surface area contributed by atoms with Crippen molar-refractivity contribution >= 4 is 11.6 Å². The molecule has 0 aliphatic carbocycles. The molecule has 0 aliphatic rings. The van der Waals surface area contributed by atoms with Gasteiger partial charge in [0.15, 0.2) is 11.6 Å². The maximum atomic E-state index is 5.54. The van der Waals surface area contributed by atoms with Gasteiger partial charge in [0.2, 0.25) is 5.75 Å². The van der Waals surface area contributed by atoms with Crippen molar-refractivity contribution in [2.75, 3.05) is 37.0 Å². The first-order chi connectivity index (χ1) is 9.78. The van der Waals surface area contributed by atoms with Crippen molar-refractivity contribution in [3.8, 4) is 5.75 Å². The summed E-state index contributed by atoms with van der Waals surface area (Å²) < 4.78 is 5.54. The summed E-state index contributed by atoms with van der Waals surface area (Å²) >= 11 is 0. The van der Waals surface area contributed by atoms with Crippen LogP contribution in [0.3, 0.4) is 0 Å². The third-order valence-corrected chi connectivity index (χ3v) is 3.20. The Morgan fingerprint density at radius 1 is 1.10 bits per heavy atom. The van der Waals surface area contributed by atoms with E-state index >= 15 is 0 Å². The van der Waals surface area contributed by atoms with Gasteiger partial charge in [-0.05, 0) is 19.8 Å². The van der Waals surface area contributed by atoms with Crippen molar-refractivity contribution in [1.29, 1.82) is 0 Å². The van der Waals surface area contributed by atoms with E-state index in [0.717, 1.165) is 49.9 Å². The Bertz CT molecular complexity index is 376. The molecule has 1 N–H and O–H groups in total. The SMILES string of the molecule is CCCCN(CCCC)c1ncnc(NCC)c1OC. The number of unbranched alkanes of at least 4 members (excludes halogenated alkanes) is 2. The third-order valence-electron chi connectivity index (χ3n) is 3.20. The van der Waals surface area contributed by atoms with Crippen molar-refractivity contribution in [3.05, 3.63) is 6.33 Å². The lowest BCUT2D eigenvalue weighted by Gasteiger charge is -2.25. The first-order valence-corrected chi connectivity index (χ1v) is 7.66. The lowest BCUT2D eigenvalue weighted by atomic mass is 10.2. The molecule has 0 radical (unpaired) electrons. The second-order valence-corrected chi connectivity index (χ2v) is 4.80. The molecule has 0 aromatic carbocycles. The van der Waals surface area contributed by atoms with Gasteiger partial charge in [-0.2, -0.15) is 0 Å². The number of aromatic nitrogens is 2. The molecule has 20 heavy (non-hydrogen) atoms. The van der Waals surface area contributed by atoms with Gasteiger partial charge in [-0.3, -0.25) is 0 Å². The number of hydrogen-bond donors (Lipinski definition) is 1. The van der Waals surface area contributed by atoms with Crippen LogP contribution >= 0.6 is 0 Å². The quantitative estimate of drug-likeness (QED) is 0.712. The largest absolute Gasteiger partial charge is 0.490 e. The molecule has 5 heteroatoms. The lowest BCUT2D eigenvalue weighted by molar-refractivity contribution is 0.411. The van der Waals surface area contributed by atoms with E-state index in [-0.39, 0.29) is 0 Å². The minimum absolute atomic E-state index is 0.751. The summed E-state index contributed by atoms with van der Waals surface area (Å²) in [6.45, 7) is 9.30. The van der Waals surface area contributed by atoms with Crippen LogP contribution < -0.4 is 15.0 Å². The Morgan fingerprint density at radius 3 is 2.25 bits per heavy atom. The van der Waals surface area contributed by atoms with Crippen LogP contribution in [0.15, 0.2) is 6.33 Å². The molecule has 0 saturated heterocycles. The number of rotatable bonds is 10. The summed E-state index contributed by atoms with van der Waals surface area (Å²) in [5.41, 5.74) is 0. The van der Waals surface area contributed by atoms with Gasteiger partial charge in [-0.25, -0.2) is 9.97 Å². The topological polar surface area (TPSA) is 50.3 Å². The summed E-state index contributed by atoms with van der Waals surface area (Å²) in [4.78, 5) is 11.0. The Kier molecular flexibility index (Phi) is 7.77. The van der Waals surface area contributed by atoms with Crippen LogP contribution in [0.25, 0.3) is 0 Å². The van der Waals surface area contributed by atoms with Crippen LogP contribution in [0.5, 0.6) is 5.75 Å². The standard InChI is InChI=1S/C15H28N4O/c1-5-8-10-19(11-9-6-2)15-13(20-4)14(16-7-3)17-12-18-15/h12H,5-11H2,1-4H3,(H,16,17,18). The molecule has 1 aromatic heterocycles. The van der Waals surface area contributed by atoms with Crippen molar-refractivity contribution < 1.29 is 4.74 Å². The molecule has 0 saturated carbocycles. The van der Waals surface area contributed by atoms with E-state index in [0.29, 0.717) is 0 Å². The van der Waals surface area contributed by atoms with E-state index in [1.54, 1.807) is 13.4 Å². The van der Waals surface area contributed by atoms with Gasteiger partial charge in [0.25, 0.3) is 0 Å². The number of nitrogens with one attached hydrogen (secondary N) is 1. The highest BCUT2D eigenvalue weighted by Crippen LogP contribution is 2.32. The Hall–Kier alpha value is -1.52. The first kappa shape index (κ1) is 16.5. The van der Waals surface area contributed by atoms with Crippen LogP contribution in [-0.4, -0.2) is 36.7 Å². The molecule has 1 aromatic rings. The van der Waals surface area contributed by atoms with Crippen LogP contribution in [-0.2, 0) is 0 Å². The van der Waals surface area contributed by atoms with Gasteiger partial charge < -0.3 is 15.0 Å². The van der Waals surface area contributed by atoms with E-state index in [1.807, 2.05) is 6.92 Å². The molecule has 0 fully saturated rings. The van der Waals surface area contributed by atoms with Gasteiger partial charge in [-0.15, -0.1) is 0 Å². The van der Waals surface area contributed by atoms with Gasteiger partial charge in [-0.1, -0.05) is 26.7 Å². The van der Waals surface area contributed by atoms with E-state index in [4.69, 9.17) is 4.74 Å². The van der Waals surface area contributed by atoms with Gasteiger partial charge in [0.1, 0.15) is 6.33 Å². The van der Waals surface area contributed by atoms with Crippen LogP contribution in [0.1, 0.15) is 46.5 Å². The minimum Gasteiger partial charge on any atom is -0.490 e. The Morgan fingerprint density at radius 2 is 1.75 bits per heavy atom. The number of nitrogens with zero attached hydrogens (tertiary/aromatic N) is 3. The Labute approximate surface area is 122 Å². The van der Waals surface area contributed by atoms with Crippen LogP contribution in [0.2, 0.25) is 0 Å². The van der Waals surface area contributed by atoms with Gasteiger partial charge >= 0.3 is 0 Å². The number of hydrogen-bond acceptors (Lipinski definition) is 5. The minimum atomic E-state index is 0.751. The second-order valence-electron chi connectivity index (χ2n) is 4.80. The summed E-state index contributed by atoms with van der Waals surface area (Å²) in [5.74, 6) is 2.43. The second kappa shape index (κ2) is 9.39. The highest BCUT2D eigenvalue weighted by molar-refractivity contribution is 5.64. The van der Waals surface area contributed by atoms with Crippen LogP contribution in [0.4, 0.5) is 11.6 Å². The zero-order chi connectivity index (χ0) is 14.8. The van der Waals surface area contributed by atoms with E-state index in [2.05, 4.69) is 34.0 Å². The molecule has 0 amide bonds. The average Bonchev–Trinajstić information content (AvgIpc) is 2.47. The summed E-state index contributed by atoms with van der Waals surface area (Å²) in [6.07, 6.45) is 6.29. The van der Waals surface area contributed by atoms with Gasteiger partial charge in [0.05, 0.1) is 7.11 Å². The highest BCUT2D eigenvalue weighted by Gasteiger charge is 2.17. The molecule has 0 aliphatic heterocycles. The predicted molar refractivity (Wildman–Crippen MR) is 84.8 cm³/mol. The van der Waals surface area contributed by atoms with Crippen molar-refractivity contribution in [2.24, 2.45) is 0 Å². The molecule has 0 unspecified atom stereocenters. The highest BCUT2D eigenvalue weighted by atomic mass is 16.5. The van der Waals surface area contributed by atoms with Crippen molar-refractivity contribution in [3.63, 3.8) is 0 Å². The van der Waals surface area contributed by atoms with Crippen LogP contribution in [0, 0.1) is 0 Å². The van der Waals surface area contributed by atoms with E-state index in [1.165, 1.54) is 12.8 Å². The fraction of sp³-hybridized carbons (Fsp3) is 0.733. The monoisotopic (exact) mass is 280 g/mol. The number of anilines is 2. The normalized spacial score (nSPS) is 10.4. The van der Waals surface area contributed by atoms with Crippen molar-refractivity contribution in [2.45, 2.75) is 46.5 Å². The fourth-order valence-corrected chi connectivity index (χ4v) is 2.09. The Balaban J connectivity index is 3.00. The molecule has 114 valence electrons. The number of methoxy groups -OCH3 is 1. The molecule has 5 nitrogen and oxygen atoms in total. The van der Waals surface area contributed by atoms with Gasteiger partial charge in [0, 0.05) is 19.6 Å². The average molecular weight is 280 g/mol. The molecule has 0 atom stereocenters.